The Hall–Kier alpha value is -3.32. The number of nitrogens with zero attached hydrogens (tertiary/aromatic N) is 2. The van der Waals surface area contributed by atoms with Crippen LogP contribution in [0.3, 0.4) is 0 Å². The van der Waals surface area contributed by atoms with Crippen LogP contribution in [-0.4, -0.2) is 35.4 Å². The molecule has 28 heavy (non-hydrogen) atoms. The van der Waals surface area contributed by atoms with Crippen LogP contribution in [0.1, 0.15) is 16.1 Å². The van der Waals surface area contributed by atoms with Crippen LogP contribution in [0.2, 0.25) is 5.02 Å². The van der Waals surface area contributed by atoms with Crippen molar-refractivity contribution >= 4 is 29.2 Å². The lowest BCUT2D eigenvalue weighted by Gasteiger charge is -2.11. The van der Waals surface area contributed by atoms with Gasteiger partial charge in [-0.15, -0.1) is 0 Å². The molecule has 0 radical (unpaired) electrons. The molecule has 0 aliphatic rings. The Kier molecular flexibility index (Phi) is 5.96. The highest BCUT2D eigenvalue weighted by molar-refractivity contribution is 6.31. The van der Waals surface area contributed by atoms with Gasteiger partial charge in [0.25, 0.3) is 5.91 Å². The molecule has 144 valence electrons. The van der Waals surface area contributed by atoms with Crippen molar-refractivity contribution in [3.63, 3.8) is 0 Å². The molecule has 1 amide bonds. The van der Waals surface area contributed by atoms with Crippen LogP contribution >= 0.6 is 11.6 Å². The van der Waals surface area contributed by atoms with Gasteiger partial charge < -0.3 is 14.8 Å². The minimum Gasteiger partial charge on any atom is -0.495 e. The fourth-order valence-electron chi connectivity index (χ4n) is 2.61. The number of aromatic nitrogens is 2. The first-order valence-electron chi connectivity index (χ1n) is 8.40. The molecule has 1 aromatic heterocycles. The molecule has 0 spiro atoms. The molecule has 1 heterocycles. The number of anilines is 1. The fourth-order valence-corrected chi connectivity index (χ4v) is 2.78. The van der Waals surface area contributed by atoms with Crippen LogP contribution < -0.4 is 10.1 Å². The van der Waals surface area contributed by atoms with E-state index in [1.807, 2.05) is 30.3 Å². The number of amides is 1. The second kappa shape index (κ2) is 8.58. The smallest absolute Gasteiger partial charge is 0.342 e. The van der Waals surface area contributed by atoms with Crippen LogP contribution in [0, 0.1) is 6.92 Å². The summed E-state index contributed by atoms with van der Waals surface area (Å²) < 4.78 is 11.9. The second-order valence-corrected chi connectivity index (χ2v) is 6.30. The van der Waals surface area contributed by atoms with Crippen LogP contribution in [0.25, 0.3) is 5.69 Å². The van der Waals surface area contributed by atoms with E-state index in [2.05, 4.69) is 10.4 Å². The van der Waals surface area contributed by atoms with Gasteiger partial charge in [-0.1, -0.05) is 29.8 Å². The van der Waals surface area contributed by atoms with E-state index in [1.54, 1.807) is 29.8 Å². The molecule has 1 N–H and O–H groups in total. The largest absolute Gasteiger partial charge is 0.495 e. The summed E-state index contributed by atoms with van der Waals surface area (Å²) in [4.78, 5) is 24.5. The molecule has 0 atom stereocenters. The third-order valence-corrected chi connectivity index (χ3v) is 4.24. The van der Waals surface area contributed by atoms with E-state index in [-0.39, 0.29) is 5.56 Å². The zero-order chi connectivity index (χ0) is 20.1. The lowest BCUT2D eigenvalue weighted by Crippen LogP contribution is -2.21. The van der Waals surface area contributed by atoms with Crippen LogP contribution in [0.4, 0.5) is 5.69 Å². The van der Waals surface area contributed by atoms with Crippen LogP contribution in [0.5, 0.6) is 5.75 Å². The van der Waals surface area contributed by atoms with Crippen molar-refractivity contribution in [2.75, 3.05) is 19.0 Å². The maximum atomic E-state index is 12.3. The summed E-state index contributed by atoms with van der Waals surface area (Å²) in [6.07, 6.45) is 1.42. The molecule has 0 unspecified atom stereocenters. The Morgan fingerprint density at radius 3 is 2.64 bits per heavy atom. The monoisotopic (exact) mass is 399 g/mol. The van der Waals surface area contributed by atoms with Gasteiger partial charge in [-0.2, -0.15) is 5.10 Å². The fraction of sp³-hybridized carbons (Fsp3) is 0.150. The first-order valence-corrected chi connectivity index (χ1v) is 8.78. The standard InChI is InChI=1S/C20H18ClN3O4/c1-13-16(11-22-24(13)15-6-4-3-5-7-15)20(26)28-12-19(25)23-17-10-14(21)8-9-18(17)27-2/h3-11H,12H2,1-2H3,(H,23,25). The van der Waals surface area contributed by atoms with Crippen LogP contribution in [-0.2, 0) is 9.53 Å². The van der Waals surface area contributed by atoms with Gasteiger partial charge in [0.1, 0.15) is 11.3 Å². The Balaban J connectivity index is 1.64. The van der Waals surface area contributed by atoms with E-state index in [4.69, 9.17) is 21.1 Å². The first kappa shape index (κ1) is 19.4. The zero-order valence-corrected chi connectivity index (χ0v) is 16.1. The number of hydrogen-bond acceptors (Lipinski definition) is 5. The summed E-state index contributed by atoms with van der Waals surface area (Å²) in [6, 6.07) is 14.2. The minimum atomic E-state index is -0.632. The molecule has 3 rings (SSSR count). The highest BCUT2D eigenvalue weighted by Crippen LogP contribution is 2.27. The summed E-state index contributed by atoms with van der Waals surface area (Å²) in [5, 5.41) is 7.27. The highest BCUT2D eigenvalue weighted by atomic mass is 35.5. The van der Waals surface area contributed by atoms with E-state index in [9.17, 15) is 9.59 Å². The summed E-state index contributed by atoms with van der Waals surface area (Å²) in [5.74, 6) is -0.695. The molecule has 7 nitrogen and oxygen atoms in total. The number of carbonyl (C=O) groups is 2. The van der Waals surface area contributed by atoms with E-state index >= 15 is 0 Å². The second-order valence-electron chi connectivity index (χ2n) is 5.86. The van der Waals surface area contributed by atoms with E-state index < -0.39 is 18.5 Å². The van der Waals surface area contributed by atoms with Crippen molar-refractivity contribution in [3.8, 4) is 11.4 Å². The number of halogens is 1. The first-order chi connectivity index (χ1) is 13.5. The Labute approximate surface area is 166 Å². The average molecular weight is 400 g/mol. The Bertz CT molecular complexity index is 1000. The third-order valence-electron chi connectivity index (χ3n) is 4.00. The topological polar surface area (TPSA) is 82.4 Å². The van der Waals surface area contributed by atoms with Crippen molar-refractivity contribution in [1.82, 2.24) is 9.78 Å². The number of hydrogen-bond donors (Lipinski definition) is 1. The SMILES string of the molecule is COc1ccc(Cl)cc1NC(=O)COC(=O)c1cnn(-c2ccccc2)c1C. The quantitative estimate of drug-likeness (QED) is 0.640. The van der Waals surface area contributed by atoms with Gasteiger partial charge in [0.2, 0.25) is 0 Å². The maximum absolute atomic E-state index is 12.3. The van der Waals surface area contributed by atoms with E-state index in [1.165, 1.54) is 13.3 Å². The molecule has 8 heteroatoms. The van der Waals surface area contributed by atoms with Gasteiger partial charge in [0.15, 0.2) is 6.61 Å². The van der Waals surface area contributed by atoms with Gasteiger partial charge in [0, 0.05) is 5.02 Å². The van der Waals surface area contributed by atoms with Gasteiger partial charge >= 0.3 is 5.97 Å². The molecule has 0 saturated carbocycles. The van der Waals surface area contributed by atoms with E-state index in [0.29, 0.717) is 22.2 Å². The average Bonchev–Trinajstić information content (AvgIpc) is 3.08. The lowest BCUT2D eigenvalue weighted by molar-refractivity contribution is -0.119. The van der Waals surface area contributed by atoms with Gasteiger partial charge in [-0.25, -0.2) is 9.48 Å². The number of para-hydroxylation sites is 1. The molecule has 2 aromatic carbocycles. The predicted octanol–water partition coefficient (Wildman–Crippen LogP) is 3.64. The zero-order valence-electron chi connectivity index (χ0n) is 15.3. The number of ether oxygens (including phenoxy) is 2. The molecule has 0 fully saturated rings. The van der Waals surface area contributed by atoms with Crippen molar-refractivity contribution in [2.45, 2.75) is 6.92 Å². The lowest BCUT2D eigenvalue weighted by atomic mass is 10.2. The predicted molar refractivity (Wildman–Crippen MR) is 105 cm³/mol. The maximum Gasteiger partial charge on any atom is 0.342 e. The van der Waals surface area contributed by atoms with Crippen molar-refractivity contribution in [1.29, 1.82) is 0 Å². The molecule has 0 aliphatic carbocycles. The number of methoxy groups -OCH3 is 1. The van der Waals surface area contributed by atoms with Crippen molar-refractivity contribution in [3.05, 3.63) is 71.0 Å². The van der Waals surface area contributed by atoms with E-state index in [0.717, 1.165) is 5.69 Å². The summed E-state index contributed by atoms with van der Waals surface area (Å²) in [5.41, 5.74) is 2.12. The molecular weight excluding hydrogens is 382 g/mol. The molecular formula is C20H18ClN3O4. The molecule has 3 aromatic rings. The highest BCUT2D eigenvalue weighted by Gasteiger charge is 2.18. The number of carbonyl (C=O) groups excluding carboxylic acids is 2. The third kappa shape index (κ3) is 4.32. The number of esters is 1. The molecule has 0 aliphatic heterocycles. The Morgan fingerprint density at radius 2 is 1.93 bits per heavy atom. The van der Waals surface area contributed by atoms with Crippen molar-refractivity contribution in [2.24, 2.45) is 0 Å². The molecule has 0 saturated heterocycles. The number of benzene rings is 2. The summed E-state index contributed by atoms with van der Waals surface area (Å²) >= 11 is 5.93. The normalized spacial score (nSPS) is 10.4. The van der Waals surface area contributed by atoms with Gasteiger partial charge in [-0.05, 0) is 37.3 Å². The summed E-state index contributed by atoms with van der Waals surface area (Å²) in [6.45, 7) is 1.30. The minimum absolute atomic E-state index is 0.289. The number of rotatable bonds is 6. The van der Waals surface area contributed by atoms with Crippen LogP contribution in [0.15, 0.2) is 54.7 Å². The molecule has 0 bridgehead atoms. The van der Waals surface area contributed by atoms with Gasteiger partial charge in [-0.3, -0.25) is 4.79 Å². The summed E-state index contributed by atoms with van der Waals surface area (Å²) in [7, 11) is 1.48. The van der Waals surface area contributed by atoms with Gasteiger partial charge in [0.05, 0.1) is 30.4 Å². The number of nitrogens with one attached hydrogen (secondary N) is 1. The van der Waals surface area contributed by atoms with Crippen molar-refractivity contribution < 1.29 is 19.1 Å². The Morgan fingerprint density at radius 1 is 1.18 bits per heavy atom.